The summed E-state index contributed by atoms with van der Waals surface area (Å²) in [5.41, 5.74) is 5.39. The summed E-state index contributed by atoms with van der Waals surface area (Å²) in [5.74, 6) is 0. The molecule has 0 heterocycles. The minimum atomic E-state index is -2.52. The van der Waals surface area contributed by atoms with Gasteiger partial charge in [-0.3, -0.25) is 0 Å². The first kappa shape index (κ1) is 8.27. The molecular weight excluding hydrogens is 172 g/mol. The van der Waals surface area contributed by atoms with Crippen LogP contribution in [-0.2, 0) is 0 Å². The fourth-order valence-electron chi connectivity index (χ4n) is 0.762. The lowest BCUT2D eigenvalue weighted by Crippen LogP contribution is -1.89. The number of benzene rings is 1. The lowest BCUT2D eigenvalue weighted by molar-refractivity contribution is 0.151. The molecule has 0 bridgehead atoms. The van der Waals surface area contributed by atoms with Crippen molar-refractivity contribution in [1.29, 1.82) is 0 Å². The van der Waals surface area contributed by atoms with Gasteiger partial charge in [-0.05, 0) is 18.2 Å². The van der Waals surface area contributed by atoms with Gasteiger partial charge in [0.25, 0.3) is 6.43 Å². The van der Waals surface area contributed by atoms with Gasteiger partial charge in [0, 0.05) is 16.3 Å². The van der Waals surface area contributed by atoms with Crippen LogP contribution in [-0.4, -0.2) is 0 Å². The average Bonchev–Trinajstić information content (AvgIpc) is 1.85. The lowest BCUT2D eigenvalue weighted by Gasteiger charge is -2.01. The van der Waals surface area contributed by atoms with Crippen LogP contribution in [0.15, 0.2) is 18.2 Å². The molecule has 0 aliphatic carbocycles. The molecule has 0 radical (unpaired) electrons. The summed E-state index contributed by atoms with van der Waals surface area (Å²) in [6, 6.07) is 3.83. The fraction of sp³-hybridized carbons (Fsp3) is 0.143. The van der Waals surface area contributed by atoms with E-state index in [4.69, 9.17) is 17.3 Å². The molecule has 0 unspecified atom stereocenters. The quantitative estimate of drug-likeness (QED) is 0.656. The molecule has 2 N–H and O–H groups in total. The summed E-state index contributed by atoms with van der Waals surface area (Å²) in [7, 11) is 0. The van der Waals surface area contributed by atoms with Crippen molar-refractivity contribution in [3.8, 4) is 0 Å². The molecule has 0 aromatic heterocycles. The second-order valence-corrected chi connectivity index (χ2v) is 2.56. The summed E-state index contributed by atoms with van der Waals surface area (Å²) >= 11 is 5.48. The number of hydrogen-bond acceptors (Lipinski definition) is 1. The lowest BCUT2D eigenvalue weighted by atomic mass is 10.2. The molecule has 0 fully saturated rings. The summed E-state index contributed by atoms with van der Waals surface area (Å²) in [5, 5.41) is 0.236. The smallest absolute Gasteiger partial charge is 0.263 e. The van der Waals surface area contributed by atoms with Crippen LogP contribution in [0.2, 0.25) is 5.02 Å². The van der Waals surface area contributed by atoms with Crippen molar-refractivity contribution in [2.45, 2.75) is 6.43 Å². The number of nitrogen functional groups attached to an aromatic ring is 1. The van der Waals surface area contributed by atoms with E-state index < -0.39 is 6.43 Å². The second-order valence-electron chi connectivity index (χ2n) is 2.12. The Bertz CT molecular complexity index is 242. The molecule has 0 amide bonds. The molecule has 1 aromatic rings. The Morgan fingerprint density at radius 2 is 1.91 bits per heavy atom. The first-order valence-corrected chi connectivity index (χ1v) is 3.31. The molecule has 4 heteroatoms. The molecule has 0 saturated carbocycles. The molecule has 0 spiro atoms. The van der Waals surface area contributed by atoms with Crippen LogP contribution in [0.5, 0.6) is 0 Å². The van der Waals surface area contributed by atoms with Gasteiger partial charge in [-0.25, -0.2) is 8.78 Å². The van der Waals surface area contributed by atoms with Gasteiger partial charge in [0.05, 0.1) is 0 Å². The van der Waals surface area contributed by atoms with Crippen LogP contribution in [0.3, 0.4) is 0 Å². The highest BCUT2D eigenvalue weighted by atomic mass is 35.5. The third-order valence-corrected chi connectivity index (χ3v) is 1.41. The third-order valence-electron chi connectivity index (χ3n) is 1.19. The largest absolute Gasteiger partial charge is 0.399 e. The van der Waals surface area contributed by atoms with E-state index in [0.29, 0.717) is 0 Å². The maximum atomic E-state index is 12.0. The Labute approximate surface area is 67.8 Å². The molecule has 0 aliphatic rings. The van der Waals surface area contributed by atoms with E-state index in [1.807, 2.05) is 0 Å². The maximum absolute atomic E-state index is 12.0. The molecule has 1 nitrogen and oxygen atoms in total. The van der Waals surface area contributed by atoms with Crippen LogP contribution in [0.25, 0.3) is 0 Å². The van der Waals surface area contributed by atoms with E-state index in [1.54, 1.807) is 0 Å². The molecule has 0 aliphatic heterocycles. The van der Waals surface area contributed by atoms with Gasteiger partial charge in [0.15, 0.2) is 0 Å². The Balaban J connectivity index is 3.08. The summed E-state index contributed by atoms with van der Waals surface area (Å²) < 4.78 is 24.0. The third kappa shape index (κ3) is 2.05. The minimum absolute atomic E-state index is 0.144. The SMILES string of the molecule is Nc1cc(Cl)cc(C(F)F)c1. The topological polar surface area (TPSA) is 26.0 Å². The number of rotatable bonds is 1. The van der Waals surface area contributed by atoms with Gasteiger partial charge >= 0.3 is 0 Å². The van der Waals surface area contributed by atoms with Crippen LogP contribution in [0, 0.1) is 0 Å². The zero-order valence-electron chi connectivity index (χ0n) is 5.52. The van der Waals surface area contributed by atoms with Gasteiger partial charge in [0.1, 0.15) is 0 Å². The first-order chi connectivity index (χ1) is 5.09. The van der Waals surface area contributed by atoms with Crippen molar-refractivity contribution in [1.82, 2.24) is 0 Å². The molecule has 11 heavy (non-hydrogen) atoms. The zero-order valence-corrected chi connectivity index (χ0v) is 6.28. The standard InChI is InChI=1S/C7H6ClF2N/c8-5-1-4(7(9)10)2-6(11)3-5/h1-3,7H,11H2. The van der Waals surface area contributed by atoms with Gasteiger partial charge < -0.3 is 5.73 Å². The predicted molar refractivity (Wildman–Crippen MR) is 40.8 cm³/mol. The highest BCUT2D eigenvalue weighted by molar-refractivity contribution is 6.30. The van der Waals surface area contributed by atoms with Gasteiger partial charge in [-0.1, -0.05) is 11.6 Å². The van der Waals surface area contributed by atoms with Crippen molar-refractivity contribution >= 4 is 17.3 Å². The van der Waals surface area contributed by atoms with Gasteiger partial charge in [0.2, 0.25) is 0 Å². The van der Waals surface area contributed by atoms with Crippen molar-refractivity contribution in [2.24, 2.45) is 0 Å². The Morgan fingerprint density at radius 3 is 2.36 bits per heavy atom. The Morgan fingerprint density at radius 1 is 1.27 bits per heavy atom. The van der Waals surface area contributed by atoms with E-state index in [2.05, 4.69) is 0 Å². The number of nitrogens with two attached hydrogens (primary N) is 1. The summed E-state index contributed by atoms with van der Waals surface area (Å²) in [6.45, 7) is 0. The van der Waals surface area contributed by atoms with Gasteiger partial charge in [-0.15, -0.1) is 0 Å². The van der Waals surface area contributed by atoms with E-state index in [1.165, 1.54) is 18.2 Å². The van der Waals surface area contributed by atoms with Crippen molar-refractivity contribution in [3.63, 3.8) is 0 Å². The second kappa shape index (κ2) is 3.05. The monoisotopic (exact) mass is 177 g/mol. The van der Waals surface area contributed by atoms with E-state index in [-0.39, 0.29) is 16.3 Å². The number of alkyl halides is 2. The normalized spacial score (nSPS) is 10.5. The number of halogens is 3. The van der Waals surface area contributed by atoms with E-state index in [0.717, 1.165) is 0 Å². The van der Waals surface area contributed by atoms with Crippen LogP contribution in [0.4, 0.5) is 14.5 Å². The zero-order chi connectivity index (χ0) is 8.43. The molecule has 1 rings (SSSR count). The Hall–Kier alpha value is -0.830. The number of anilines is 1. The fourth-order valence-corrected chi connectivity index (χ4v) is 1.01. The first-order valence-electron chi connectivity index (χ1n) is 2.93. The highest BCUT2D eigenvalue weighted by Gasteiger charge is 2.07. The van der Waals surface area contributed by atoms with Gasteiger partial charge in [-0.2, -0.15) is 0 Å². The van der Waals surface area contributed by atoms with Crippen molar-refractivity contribution < 1.29 is 8.78 Å². The molecule has 0 atom stereocenters. The van der Waals surface area contributed by atoms with Crippen LogP contribution in [0.1, 0.15) is 12.0 Å². The summed E-state index contributed by atoms with van der Waals surface area (Å²) in [6.07, 6.45) is -2.52. The van der Waals surface area contributed by atoms with Crippen LogP contribution >= 0.6 is 11.6 Å². The maximum Gasteiger partial charge on any atom is 0.263 e. The molecule has 60 valence electrons. The molecular formula is C7H6ClF2N. The average molecular weight is 178 g/mol. The van der Waals surface area contributed by atoms with Crippen molar-refractivity contribution in [3.05, 3.63) is 28.8 Å². The number of hydrogen-bond donors (Lipinski definition) is 1. The summed E-state index contributed by atoms with van der Waals surface area (Å²) in [4.78, 5) is 0. The van der Waals surface area contributed by atoms with Crippen molar-refractivity contribution in [2.75, 3.05) is 5.73 Å². The van der Waals surface area contributed by atoms with Crippen LogP contribution < -0.4 is 5.73 Å². The predicted octanol–water partition coefficient (Wildman–Crippen LogP) is 2.86. The van der Waals surface area contributed by atoms with E-state index in [9.17, 15) is 8.78 Å². The molecule has 1 aromatic carbocycles. The minimum Gasteiger partial charge on any atom is -0.399 e. The highest BCUT2D eigenvalue weighted by Crippen LogP contribution is 2.24. The van der Waals surface area contributed by atoms with E-state index >= 15 is 0 Å². The molecule has 0 saturated heterocycles. The Kier molecular flexibility index (Phi) is 2.29.